The van der Waals surface area contributed by atoms with Gasteiger partial charge >= 0.3 is 6.18 Å². The lowest BCUT2D eigenvalue weighted by Gasteiger charge is -2.07. The van der Waals surface area contributed by atoms with Crippen LogP contribution in [0.4, 0.5) is 13.2 Å². The van der Waals surface area contributed by atoms with Gasteiger partial charge in [-0.15, -0.1) is 0 Å². The van der Waals surface area contributed by atoms with Crippen LogP contribution in [0.15, 0.2) is 6.07 Å². The van der Waals surface area contributed by atoms with Crippen LogP contribution in [-0.2, 0) is 4.74 Å². The summed E-state index contributed by atoms with van der Waals surface area (Å²) in [6, 6.07) is 1.67. The van der Waals surface area contributed by atoms with E-state index in [4.69, 9.17) is 0 Å². The number of nitrogens with zero attached hydrogens (tertiary/aromatic N) is 1. The number of hydrogen-bond donors (Lipinski definition) is 2. The number of carbonyl (C=O) groups excluding carboxylic acids is 1. The Kier molecular flexibility index (Phi) is 4.08. The molecule has 1 fully saturated rings. The number of H-pyrrole nitrogens is 1. The molecule has 5 nitrogen and oxygen atoms in total. The highest BCUT2D eigenvalue weighted by molar-refractivity contribution is 5.92. The third-order valence-electron chi connectivity index (χ3n) is 2.65. The van der Waals surface area contributed by atoms with Crippen LogP contribution in [0.1, 0.15) is 34.9 Å². The first kappa shape index (κ1) is 13.9. The van der Waals surface area contributed by atoms with Gasteiger partial charge < -0.3 is 10.1 Å². The highest BCUT2D eigenvalue weighted by atomic mass is 19.4. The van der Waals surface area contributed by atoms with E-state index >= 15 is 0 Å². The second kappa shape index (κ2) is 5.60. The summed E-state index contributed by atoms with van der Waals surface area (Å²) in [6.45, 7) is -1.48. The number of carbonyl (C=O) groups is 1. The van der Waals surface area contributed by atoms with Crippen molar-refractivity contribution in [1.82, 2.24) is 15.5 Å². The number of amides is 1. The topological polar surface area (TPSA) is 67.0 Å². The lowest BCUT2D eigenvalue weighted by molar-refractivity contribution is -0.173. The molecule has 1 aliphatic rings. The summed E-state index contributed by atoms with van der Waals surface area (Å²) >= 11 is 0. The fourth-order valence-corrected chi connectivity index (χ4v) is 1.57. The molecular weight excluding hydrogens is 263 g/mol. The van der Waals surface area contributed by atoms with E-state index in [0.29, 0.717) is 5.92 Å². The molecule has 0 bridgehead atoms. The van der Waals surface area contributed by atoms with Crippen molar-refractivity contribution in [3.63, 3.8) is 0 Å². The smallest absolute Gasteiger partial charge is 0.370 e. The Bertz CT molecular complexity index is 441. The minimum Gasteiger partial charge on any atom is -0.370 e. The Hall–Kier alpha value is -1.57. The van der Waals surface area contributed by atoms with E-state index in [1.54, 1.807) is 6.07 Å². The van der Waals surface area contributed by atoms with Gasteiger partial charge in [0.2, 0.25) is 0 Å². The van der Waals surface area contributed by atoms with Crippen molar-refractivity contribution in [2.75, 3.05) is 19.8 Å². The standard InChI is InChI=1S/C11H14F3N3O2/c12-11(13,14)6-19-4-3-15-10(18)9-5-8(16-17-9)7-1-2-7/h5,7H,1-4,6H2,(H,15,18)(H,16,17). The van der Waals surface area contributed by atoms with E-state index in [9.17, 15) is 18.0 Å². The summed E-state index contributed by atoms with van der Waals surface area (Å²) < 4.78 is 39.7. The quantitative estimate of drug-likeness (QED) is 0.776. The molecule has 1 saturated carbocycles. The van der Waals surface area contributed by atoms with Gasteiger partial charge in [0.05, 0.1) is 6.61 Å². The predicted octanol–water partition coefficient (Wildman–Crippen LogP) is 1.60. The maximum atomic E-state index is 11.8. The molecule has 0 aromatic carbocycles. The van der Waals surface area contributed by atoms with Crippen molar-refractivity contribution < 1.29 is 22.7 Å². The molecule has 0 radical (unpaired) electrons. The van der Waals surface area contributed by atoms with Crippen LogP contribution in [0, 0.1) is 0 Å². The first-order valence-electron chi connectivity index (χ1n) is 5.94. The molecule has 106 valence electrons. The Morgan fingerprint density at radius 3 is 2.89 bits per heavy atom. The minimum absolute atomic E-state index is 0.0144. The van der Waals surface area contributed by atoms with Crippen molar-refractivity contribution in [2.45, 2.75) is 24.9 Å². The zero-order valence-electron chi connectivity index (χ0n) is 10.1. The fourth-order valence-electron chi connectivity index (χ4n) is 1.57. The van der Waals surface area contributed by atoms with Crippen LogP contribution >= 0.6 is 0 Å². The minimum atomic E-state index is -4.34. The average Bonchev–Trinajstić information content (AvgIpc) is 3.05. The predicted molar refractivity (Wildman–Crippen MR) is 59.8 cm³/mol. The number of nitrogens with one attached hydrogen (secondary N) is 2. The molecule has 1 aromatic rings. The third-order valence-corrected chi connectivity index (χ3v) is 2.65. The number of halogens is 3. The second-order valence-electron chi connectivity index (χ2n) is 4.41. The molecule has 8 heteroatoms. The lowest BCUT2D eigenvalue weighted by atomic mass is 10.2. The van der Waals surface area contributed by atoms with Gasteiger partial charge in [-0.3, -0.25) is 9.89 Å². The van der Waals surface area contributed by atoms with Gasteiger partial charge in [-0.2, -0.15) is 18.3 Å². The molecule has 1 heterocycles. The first-order chi connectivity index (χ1) is 8.96. The zero-order chi connectivity index (χ0) is 13.9. The molecule has 1 aliphatic carbocycles. The SMILES string of the molecule is O=C(NCCOCC(F)(F)F)c1cc(C2CC2)[nH]n1. The molecule has 2 N–H and O–H groups in total. The van der Waals surface area contributed by atoms with Crippen molar-refractivity contribution >= 4 is 5.91 Å². The summed E-state index contributed by atoms with van der Waals surface area (Å²) in [5.74, 6) is 0.0444. The van der Waals surface area contributed by atoms with Gasteiger partial charge in [-0.1, -0.05) is 0 Å². The van der Waals surface area contributed by atoms with Gasteiger partial charge in [-0.05, 0) is 18.9 Å². The Morgan fingerprint density at radius 1 is 1.53 bits per heavy atom. The van der Waals surface area contributed by atoms with Crippen molar-refractivity contribution in [3.05, 3.63) is 17.5 Å². The van der Waals surface area contributed by atoms with Crippen LogP contribution in [-0.4, -0.2) is 42.0 Å². The van der Waals surface area contributed by atoms with Crippen LogP contribution in [0.25, 0.3) is 0 Å². The number of aromatic nitrogens is 2. The Morgan fingerprint density at radius 2 is 2.26 bits per heavy atom. The van der Waals surface area contributed by atoms with Crippen molar-refractivity contribution in [2.24, 2.45) is 0 Å². The van der Waals surface area contributed by atoms with E-state index in [1.807, 2.05) is 0 Å². The lowest BCUT2D eigenvalue weighted by Crippen LogP contribution is -2.29. The molecule has 0 unspecified atom stereocenters. The van der Waals surface area contributed by atoms with Crippen LogP contribution in [0.2, 0.25) is 0 Å². The molecular formula is C11H14F3N3O2. The Labute approximate surface area is 107 Å². The van der Waals surface area contributed by atoms with Crippen LogP contribution in [0.5, 0.6) is 0 Å². The highest BCUT2D eigenvalue weighted by Crippen LogP contribution is 2.38. The molecule has 0 atom stereocenters. The van der Waals surface area contributed by atoms with E-state index in [0.717, 1.165) is 18.5 Å². The van der Waals surface area contributed by atoms with E-state index < -0.39 is 18.7 Å². The summed E-state index contributed by atoms with van der Waals surface area (Å²) in [4.78, 5) is 11.6. The number of alkyl halides is 3. The van der Waals surface area contributed by atoms with Gasteiger partial charge in [0.1, 0.15) is 12.3 Å². The average molecular weight is 277 g/mol. The molecule has 19 heavy (non-hydrogen) atoms. The van der Waals surface area contributed by atoms with E-state index in [-0.39, 0.29) is 18.8 Å². The van der Waals surface area contributed by atoms with Crippen LogP contribution < -0.4 is 5.32 Å². The number of hydrogen-bond acceptors (Lipinski definition) is 3. The molecule has 1 aromatic heterocycles. The van der Waals surface area contributed by atoms with Gasteiger partial charge in [-0.25, -0.2) is 0 Å². The molecule has 0 saturated heterocycles. The third kappa shape index (κ3) is 4.55. The summed E-state index contributed by atoms with van der Waals surface area (Å²) in [6.07, 6.45) is -2.16. The van der Waals surface area contributed by atoms with Crippen molar-refractivity contribution in [1.29, 1.82) is 0 Å². The highest BCUT2D eigenvalue weighted by Gasteiger charge is 2.27. The van der Waals surface area contributed by atoms with E-state index in [2.05, 4.69) is 20.3 Å². The number of aromatic amines is 1. The zero-order valence-corrected chi connectivity index (χ0v) is 10.1. The summed E-state index contributed by atoms with van der Waals surface area (Å²) in [5, 5.41) is 9.08. The molecule has 2 rings (SSSR count). The monoisotopic (exact) mass is 277 g/mol. The molecule has 0 spiro atoms. The fraction of sp³-hybridized carbons (Fsp3) is 0.636. The van der Waals surface area contributed by atoms with Crippen LogP contribution in [0.3, 0.4) is 0 Å². The number of ether oxygens (including phenoxy) is 1. The summed E-state index contributed by atoms with van der Waals surface area (Å²) in [7, 11) is 0. The van der Waals surface area contributed by atoms with Gasteiger partial charge in [0, 0.05) is 18.2 Å². The second-order valence-corrected chi connectivity index (χ2v) is 4.41. The Balaban J connectivity index is 1.66. The van der Waals surface area contributed by atoms with Gasteiger partial charge in [0.25, 0.3) is 5.91 Å². The number of rotatable bonds is 6. The maximum absolute atomic E-state index is 11.8. The largest absolute Gasteiger partial charge is 0.411 e. The van der Waals surface area contributed by atoms with E-state index in [1.165, 1.54) is 0 Å². The summed E-state index contributed by atoms with van der Waals surface area (Å²) in [5.41, 5.74) is 1.18. The first-order valence-corrected chi connectivity index (χ1v) is 5.94. The van der Waals surface area contributed by atoms with Gasteiger partial charge in [0.15, 0.2) is 0 Å². The van der Waals surface area contributed by atoms with Crippen molar-refractivity contribution in [3.8, 4) is 0 Å². The normalized spacial score (nSPS) is 15.5. The molecule has 0 aliphatic heterocycles. The molecule has 1 amide bonds. The maximum Gasteiger partial charge on any atom is 0.411 e.